The Kier molecular flexibility index (Phi) is 3.87. The Morgan fingerprint density at radius 1 is 1.05 bits per heavy atom. The summed E-state index contributed by atoms with van der Waals surface area (Å²) in [6.07, 6.45) is 0. The summed E-state index contributed by atoms with van der Waals surface area (Å²) in [6, 6.07) is 18.7. The van der Waals surface area contributed by atoms with Crippen LogP contribution in [0.5, 0.6) is 5.75 Å². The number of hydrogen-bond acceptors (Lipinski definition) is 4. The van der Waals surface area contributed by atoms with Crippen LogP contribution in [0, 0.1) is 0 Å². The van der Waals surface area contributed by atoms with Gasteiger partial charge >= 0.3 is 0 Å². The second kappa shape index (κ2) is 6.13. The average molecular weight is 293 g/mol. The third-order valence-corrected chi connectivity index (χ3v) is 3.14. The highest BCUT2D eigenvalue weighted by Crippen LogP contribution is 2.22. The van der Waals surface area contributed by atoms with Crippen molar-refractivity contribution in [1.82, 2.24) is 9.97 Å². The molecular weight excluding hydrogens is 278 g/mol. The Hall–Kier alpha value is -3.08. The summed E-state index contributed by atoms with van der Waals surface area (Å²) in [6.45, 7) is 0.481. The SMILES string of the molecule is Nc1nc(-c2cccc(OCc3ccccc3)c2)cc(=O)[nH]1. The number of rotatable bonds is 4. The summed E-state index contributed by atoms with van der Waals surface area (Å²) in [5.41, 5.74) is 7.68. The van der Waals surface area contributed by atoms with Crippen molar-refractivity contribution < 1.29 is 4.74 Å². The normalized spacial score (nSPS) is 10.4. The van der Waals surface area contributed by atoms with Gasteiger partial charge in [0.15, 0.2) is 0 Å². The van der Waals surface area contributed by atoms with E-state index in [-0.39, 0.29) is 11.5 Å². The molecule has 110 valence electrons. The molecule has 0 bridgehead atoms. The van der Waals surface area contributed by atoms with Crippen LogP contribution < -0.4 is 16.0 Å². The summed E-state index contributed by atoms with van der Waals surface area (Å²) in [4.78, 5) is 18.0. The fourth-order valence-electron chi connectivity index (χ4n) is 2.11. The maximum absolute atomic E-state index is 11.5. The minimum Gasteiger partial charge on any atom is -0.489 e. The molecule has 0 amide bonds. The van der Waals surface area contributed by atoms with E-state index in [1.165, 1.54) is 6.07 Å². The maximum Gasteiger partial charge on any atom is 0.252 e. The quantitative estimate of drug-likeness (QED) is 0.774. The lowest BCUT2D eigenvalue weighted by atomic mass is 10.1. The molecule has 0 fully saturated rings. The van der Waals surface area contributed by atoms with Crippen molar-refractivity contribution in [1.29, 1.82) is 0 Å². The molecule has 3 rings (SSSR count). The Morgan fingerprint density at radius 2 is 1.86 bits per heavy atom. The van der Waals surface area contributed by atoms with Crippen LogP contribution in [0.4, 0.5) is 5.95 Å². The first-order chi connectivity index (χ1) is 10.7. The Labute approximate surface area is 127 Å². The van der Waals surface area contributed by atoms with Gasteiger partial charge in [0.2, 0.25) is 5.95 Å². The van der Waals surface area contributed by atoms with Gasteiger partial charge in [-0.2, -0.15) is 0 Å². The third-order valence-electron chi connectivity index (χ3n) is 3.14. The van der Waals surface area contributed by atoms with Gasteiger partial charge in [-0.1, -0.05) is 42.5 Å². The molecule has 0 saturated heterocycles. The van der Waals surface area contributed by atoms with Gasteiger partial charge in [-0.15, -0.1) is 0 Å². The Morgan fingerprint density at radius 3 is 2.64 bits per heavy atom. The molecule has 0 unspecified atom stereocenters. The number of benzene rings is 2. The number of aromatic amines is 1. The molecule has 22 heavy (non-hydrogen) atoms. The predicted molar refractivity (Wildman–Crippen MR) is 85.5 cm³/mol. The van der Waals surface area contributed by atoms with Crippen molar-refractivity contribution in [2.24, 2.45) is 0 Å². The van der Waals surface area contributed by atoms with E-state index < -0.39 is 0 Å². The number of aromatic nitrogens is 2. The minimum absolute atomic E-state index is 0.0955. The van der Waals surface area contributed by atoms with E-state index in [1.54, 1.807) is 0 Å². The molecular formula is C17H15N3O2. The zero-order valence-electron chi connectivity index (χ0n) is 11.8. The molecule has 1 heterocycles. The van der Waals surface area contributed by atoms with Crippen LogP contribution in [-0.4, -0.2) is 9.97 Å². The zero-order valence-corrected chi connectivity index (χ0v) is 11.8. The summed E-state index contributed by atoms with van der Waals surface area (Å²) in [5, 5.41) is 0. The molecule has 0 atom stereocenters. The second-order valence-electron chi connectivity index (χ2n) is 4.82. The van der Waals surface area contributed by atoms with E-state index in [9.17, 15) is 4.79 Å². The fraction of sp³-hybridized carbons (Fsp3) is 0.0588. The average Bonchev–Trinajstić information content (AvgIpc) is 2.53. The van der Waals surface area contributed by atoms with E-state index in [0.717, 1.165) is 11.1 Å². The number of nitrogens with two attached hydrogens (primary N) is 1. The van der Waals surface area contributed by atoms with E-state index in [0.29, 0.717) is 18.1 Å². The zero-order chi connectivity index (χ0) is 15.4. The summed E-state index contributed by atoms with van der Waals surface area (Å²) < 4.78 is 5.77. The first-order valence-corrected chi connectivity index (χ1v) is 6.85. The van der Waals surface area contributed by atoms with E-state index >= 15 is 0 Å². The van der Waals surface area contributed by atoms with Crippen molar-refractivity contribution in [3.8, 4) is 17.0 Å². The van der Waals surface area contributed by atoms with Gasteiger partial charge in [0.1, 0.15) is 12.4 Å². The van der Waals surface area contributed by atoms with E-state index in [2.05, 4.69) is 9.97 Å². The molecule has 0 aliphatic rings. The third kappa shape index (κ3) is 3.32. The molecule has 3 aromatic rings. The number of nitrogens with zero attached hydrogens (tertiary/aromatic N) is 1. The fourth-order valence-corrected chi connectivity index (χ4v) is 2.11. The summed E-state index contributed by atoms with van der Waals surface area (Å²) >= 11 is 0. The van der Waals surface area contributed by atoms with Gasteiger partial charge in [-0.3, -0.25) is 9.78 Å². The number of anilines is 1. The number of ether oxygens (including phenoxy) is 1. The van der Waals surface area contributed by atoms with Crippen LogP contribution in [-0.2, 0) is 6.61 Å². The summed E-state index contributed by atoms with van der Waals surface area (Å²) in [5.74, 6) is 0.806. The Balaban J connectivity index is 1.82. The largest absolute Gasteiger partial charge is 0.489 e. The van der Waals surface area contributed by atoms with Gasteiger partial charge in [0, 0.05) is 11.6 Å². The molecule has 0 spiro atoms. The van der Waals surface area contributed by atoms with Gasteiger partial charge in [0.25, 0.3) is 5.56 Å². The van der Waals surface area contributed by atoms with Crippen molar-refractivity contribution in [2.75, 3.05) is 5.73 Å². The first-order valence-electron chi connectivity index (χ1n) is 6.85. The van der Waals surface area contributed by atoms with Crippen LogP contribution in [0.25, 0.3) is 11.3 Å². The predicted octanol–water partition coefficient (Wildman–Crippen LogP) is 2.60. The minimum atomic E-state index is -0.280. The number of hydrogen-bond donors (Lipinski definition) is 2. The second-order valence-corrected chi connectivity index (χ2v) is 4.82. The highest BCUT2D eigenvalue weighted by molar-refractivity contribution is 5.61. The molecule has 2 aromatic carbocycles. The lowest BCUT2D eigenvalue weighted by Gasteiger charge is -2.08. The van der Waals surface area contributed by atoms with Crippen molar-refractivity contribution in [3.05, 3.63) is 76.6 Å². The van der Waals surface area contributed by atoms with E-state index in [4.69, 9.17) is 10.5 Å². The van der Waals surface area contributed by atoms with Crippen molar-refractivity contribution in [3.63, 3.8) is 0 Å². The number of nitrogens with one attached hydrogen (secondary N) is 1. The molecule has 1 aromatic heterocycles. The summed E-state index contributed by atoms with van der Waals surface area (Å²) in [7, 11) is 0. The number of H-pyrrole nitrogens is 1. The van der Waals surface area contributed by atoms with Crippen LogP contribution in [0.3, 0.4) is 0 Å². The van der Waals surface area contributed by atoms with Crippen molar-refractivity contribution >= 4 is 5.95 Å². The van der Waals surface area contributed by atoms with E-state index in [1.807, 2.05) is 54.6 Å². The standard InChI is InChI=1S/C17H15N3O2/c18-17-19-15(10-16(21)20-17)13-7-4-8-14(9-13)22-11-12-5-2-1-3-6-12/h1-10H,11H2,(H3,18,19,20,21). The van der Waals surface area contributed by atoms with Crippen LogP contribution in [0.1, 0.15) is 5.56 Å². The van der Waals surface area contributed by atoms with Gasteiger partial charge in [-0.05, 0) is 17.7 Å². The van der Waals surface area contributed by atoms with Crippen LogP contribution >= 0.6 is 0 Å². The topological polar surface area (TPSA) is 81.0 Å². The Bertz CT molecular complexity index is 829. The lowest BCUT2D eigenvalue weighted by molar-refractivity contribution is 0.306. The molecule has 5 nitrogen and oxygen atoms in total. The molecule has 0 saturated carbocycles. The molecule has 5 heteroatoms. The highest BCUT2D eigenvalue weighted by atomic mass is 16.5. The monoisotopic (exact) mass is 293 g/mol. The maximum atomic E-state index is 11.5. The molecule has 0 aliphatic carbocycles. The van der Waals surface area contributed by atoms with Crippen LogP contribution in [0.15, 0.2) is 65.5 Å². The lowest BCUT2D eigenvalue weighted by Crippen LogP contribution is -2.10. The van der Waals surface area contributed by atoms with Crippen molar-refractivity contribution in [2.45, 2.75) is 6.61 Å². The highest BCUT2D eigenvalue weighted by Gasteiger charge is 2.04. The molecule has 3 N–H and O–H groups in total. The first kappa shape index (κ1) is 13.9. The number of nitrogen functional groups attached to an aromatic ring is 1. The molecule has 0 aliphatic heterocycles. The van der Waals surface area contributed by atoms with Gasteiger partial charge < -0.3 is 10.5 Å². The van der Waals surface area contributed by atoms with Gasteiger partial charge in [0.05, 0.1) is 5.69 Å². The smallest absolute Gasteiger partial charge is 0.252 e. The van der Waals surface area contributed by atoms with Crippen LogP contribution in [0.2, 0.25) is 0 Å². The van der Waals surface area contributed by atoms with Gasteiger partial charge in [-0.25, -0.2) is 4.98 Å². The molecule has 0 radical (unpaired) electrons.